The molecular weight excluding hydrogens is 256 g/mol. The second-order valence-corrected chi connectivity index (χ2v) is 5.32. The largest absolute Gasteiger partial charge is 0.389 e. The van der Waals surface area contributed by atoms with E-state index in [-0.39, 0.29) is 5.91 Å². The lowest BCUT2D eigenvalue weighted by Crippen LogP contribution is -2.53. The van der Waals surface area contributed by atoms with E-state index in [0.717, 1.165) is 17.2 Å². The first kappa shape index (κ1) is 12.9. The highest BCUT2D eigenvalue weighted by Gasteiger charge is 2.32. The fraction of sp³-hybridized carbons (Fsp3) is 0.429. The number of nitrogens with zero attached hydrogens (tertiary/aromatic N) is 4. The minimum absolute atomic E-state index is 0.0779. The van der Waals surface area contributed by atoms with Gasteiger partial charge in [0.05, 0.1) is 12.3 Å². The van der Waals surface area contributed by atoms with Gasteiger partial charge in [-0.2, -0.15) is 5.10 Å². The summed E-state index contributed by atoms with van der Waals surface area (Å²) in [5, 5.41) is 13.6. The van der Waals surface area contributed by atoms with Crippen LogP contribution in [0.25, 0.3) is 5.82 Å². The molecule has 6 nitrogen and oxygen atoms in total. The molecule has 0 aromatic carbocycles. The van der Waals surface area contributed by atoms with Gasteiger partial charge in [0.25, 0.3) is 5.91 Å². The first-order valence-corrected chi connectivity index (χ1v) is 6.63. The molecule has 0 aliphatic carbocycles. The Hall–Kier alpha value is -2.08. The summed E-state index contributed by atoms with van der Waals surface area (Å²) >= 11 is 0. The zero-order chi connectivity index (χ0) is 14.4. The first-order valence-electron chi connectivity index (χ1n) is 6.63. The second-order valence-electron chi connectivity index (χ2n) is 5.32. The lowest BCUT2D eigenvalue weighted by molar-refractivity contribution is 0.00589. The number of carbonyl (C=O) groups is 1. The van der Waals surface area contributed by atoms with Gasteiger partial charge in [-0.1, -0.05) is 0 Å². The van der Waals surface area contributed by atoms with E-state index in [9.17, 15) is 9.90 Å². The van der Waals surface area contributed by atoms with Crippen LogP contribution < -0.4 is 0 Å². The molecule has 1 saturated heterocycles. The summed E-state index contributed by atoms with van der Waals surface area (Å²) in [5.41, 5.74) is 2.69. The van der Waals surface area contributed by atoms with Crippen LogP contribution in [0.15, 0.2) is 18.3 Å². The molecule has 0 unspecified atom stereocenters. The van der Waals surface area contributed by atoms with Crippen LogP contribution in [-0.2, 0) is 7.05 Å². The number of β-amino-alcohol motifs (C(OH)–C–C–N with tert-alkyl or cyclic N) is 1. The van der Waals surface area contributed by atoms with Gasteiger partial charge in [0.2, 0.25) is 0 Å². The van der Waals surface area contributed by atoms with E-state index in [1.807, 2.05) is 37.6 Å². The third kappa shape index (κ3) is 1.84. The molecule has 0 bridgehead atoms. The van der Waals surface area contributed by atoms with Gasteiger partial charge in [-0.25, -0.2) is 0 Å². The molecule has 3 rings (SSSR count). The highest BCUT2D eigenvalue weighted by molar-refractivity contribution is 5.97. The highest BCUT2D eigenvalue weighted by Crippen LogP contribution is 2.22. The van der Waals surface area contributed by atoms with Crippen LogP contribution in [0.5, 0.6) is 0 Å². The molecule has 6 heteroatoms. The van der Waals surface area contributed by atoms with Gasteiger partial charge in [-0.3, -0.25) is 9.48 Å². The quantitative estimate of drug-likeness (QED) is 0.874. The normalized spacial score (nSPS) is 15.5. The Bertz CT molecular complexity index is 645. The van der Waals surface area contributed by atoms with Crippen molar-refractivity contribution in [3.05, 3.63) is 35.3 Å². The molecule has 1 amide bonds. The maximum atomic E-state index is 12.5. The molecule has 2 aromatic heterocycles. The third-order valence-electron chi connectivity index (χ3n) is 3.77. The summed E-state index contributed by atoms with van der Waals surface area (Å²) in [6, 6.07) is 4.04. The molecule has 2 aromatic rings. The molecule has 1 N–H and O–H groups in total. The van der Waals surface area contributed by atoms with Crippen molar-refractivity contribution in [3.8, 4) is 5.82 Å². The predicted octanol–water partition coefficient (Wildman–Crippen LogP) is 0.644. The van der Waals surface area contributed by atoms with E-state index in [4.69, 9.17) is 0 Å². The molecule has 0 spiro atoms. The van der Waals surface area contributed by atoms with Crippen molar-refractivity contribution in [2.24, 2.45) is 7.05 Å². The number of aliphatic hydroxyl groups excluding tert-OH is 1. The Morgan fingerprint density at radius 1 is 1.30 bits per heavy atom. The van der Waals surface area contributed by atoms with Crippen LogP contribution in [0.4, 0.5) is 0 Å². The van der Waals surface area contributed by atoms with Crippen LogP contribution in [0.3, 0.4) is 0 Å². The van der Waals surface area contributed by atoms with E-state index < -0.39 is 6.10 Å². The molecule has 0 radical (unpaired) electrons. The van der Waals surface area contributed by atoms with E-state index >= 15 is 0 Å². The molecular formula is C14H18N4O2. The number of aliphatic hydroxyl groups is 1. The van der Waals surface area contributed by atoms with Gasteiger partial charge in [0, 0.05) is 31.5 Å². The summed E-state index contributed by atoms with van der Waals surface area (Å²) < 4.78 is 3.74. The number of amides is 1. The minimum atomic E-state index is -0.394. The molecule has 1 fully saturated rings. The average molecular weight is 274 g/mol. The minimum Gasteiger partial charge on any atom is -0.389 e. The van der Waals surface area contributed by atoms with Crippen molar-refractivity contribution in [3.63, 3.8) is 0 Å². The number of carbonyl (C=O) groups excluding carboxylic acids is 1. The van der Waals surface area contributed by atoms with Crippen molar-refractivity contribution in [2.45, 2.75) is 20.0 Å². The Labute approximate surface area is 117 Å². The summed E-state index contributed by atoms with van der Waals surface area (Å²) in [5.74, 6) is 0.697. The van der Waals surface area contributed by atoms with Crippen molar-refractivity contribution < 1.29 is 9.90 Å². The van der Waals surface area contributed by atoms with E-state index in [2.05, 4.69) is 5.10 Å². The zero-order valence-corrected chi connectivity index (χ0v) is 11.9. The summed E-state index contributed by atoms with van der Waals surface area (Å²) in [6.45, 7) is 4.80. The summed E-state index contributed by atoms with van der Waals surface area (Å²) in [6.07, 6.45) is 1.20. The smallest absolute Gasteiger partial charge is 0.259 e. The Morgan fingerprint density at radius 3 is 2.45 bits per heavy atom. The molecule has 106 valence electrons. The predicted molar refractivity (Wildman–Crippen MR) is 73.9 cm³/mol. The first-order chi connectivity index (χ1) is 9.49. The standard InChI is InChI=1S/C14H18N4O2/c1-9-4-5-10(2)18(9)13-12(6-15-16(13)3)14(20)17-7-11(19)8-17/h4-6,11,19H,7-8H2,1-3H3. The maximum absolute atomic E-state index is 12.5. The van der Waals surface area contributed by atoms with Crippen LogP contribution in [0, 0.1) is 13.8 Å². The number of aromatic nitrogens is 3. The van der Waals surface area contributed by atoms with E-state index in [0.29, 0.717) is 18.7 Å². The number of rotatable bonds is 2. The summed E-state index contributed by atoms with van der Waals surface area (Å²) in [4.78, 5) is 14.1. The molecule has 0 saturated carbocycles. The fourth-order valence-electron chi connectivity index (χ4n) is 2.64. The Balaban J connectivity index is 2.04. The van der Waals surface area contributed by atoms with Gasteiger partial charge in [0.15, 0.2) is 0 Å². The number of hydrogen-bond acceptors (Lipinski definition) is 3. The Morgan fingerprint density at radius 2 is 1.90 bits per heavy atom. The Kier molecular flexibility index (Phi) is 2.90. The monoisotopic (exact) mass is 274 g/mol. The van der Waals surface area contributed by atoms with Crippen LogP contribution in [0.1, 0.15) is 21.7 Å². The van der Waals surface area contributed by atoms with Crippen LogP contribution in [-0.4, -0.2) is 49.5 Å². The van der Waals surface area contributed by atoms with Gasteiger partial charge in [0.1, 0.15) is 11.4 Å². The molecule has 20 heavy (non-hydrogen) atoms. The van der Waals surface area contributed by atoms with Crippen molar-refractivity contribution in [1.82, 2.24) is 19.2 Å². The molecule has 3 heterocycles. The fourth-order valence-corrected chi connectivity index (χ4v) is 2.64. The second kappa shape index (κ2) is 4.49. The van der Waals surface area contributed by atoms with Gasteiger partial charge in [-0.15, -0.1) is 0 Å². The third-order valence-corrected chi connectivity index (χ3v) is 3.77. The van der Waals surface area contributed by atoms with Gasteiger partial charge in [-0.05, 0) is 26.0 Å². The lowest BCUT2D eigenvalue weighted by Gasteiger charge is -2.35. The topological polar surface area (TPSA) is 63.3 Å². The SMILES string of the molecule is Cc1ccc(C)n1-c1c(C(=O)N2CC(O)C2)cnn1C. The average Bonchev–Trinajstić information content (AvgIpc) is 2.88. The number of likely N-dealkylation sites (tertiary alicyclic amines) is 1. The molecule has 0 atom stereocenters. The van der Waals surface area contributed by atoms with Crippen molar-refractivity contribution >= 4 is 5.91 Å². The van der Waals surface area contributed by atoms with Crippen LogP contribution in [0.2, 0.25) is 0 Å². The molecule has 1 aliphatic heterocycles. The van der Waals surface area contributed by atoms with Gasteiger partial charge >= 0.3 is 0 Å². The lowest BCUT2D eigenvalue weighted by atomic mass is 10.1. The van der Waals surface area contributed by atoms with Gasteiger partial charge < -0.3 is 14.6 Å². The highest BCUT2D eigenvalue weighted by atomic mass is 16.3. The summed E-state index contributed by atoms with van der Waals surface area (Å²) in [7, 11) is 1.83. The van der Waals surface area contributed by atoms with E-state index in [1.54, 1.807) is 15.8 Å². The number of aryl methyl sites for hydroxylation is 3. The zero-order valence-electron chi connectivity index (χ0n) is 11.9. The maximum Gasteiger partial charge on any atom is 0.259 e. The van der Waals surface area contributed by atoms with Crippen molar-refractivity contribution in [1.29, 1.82) is 0 Å². The molecule has 1 aliphatic rings. The van der Waals surface area contributed by atoms with Crippen molar-refractivity contribution in [2.75, 3.05) is 13.1 Å². The van der Waals surface area contributed by atoms with Crippen LogP contribution >= 0.6 is 0 Å². The van der Waals surface area contributed by atoms with E-state index in [1.165, 1.54) is 0 Å². The number of hydrogen-bond donors (Lipinski definition) is 1.